The molecule has 1 N–H and O–H groups in total. The first-order chi connectivity index (χ1) is 15.1. The first-order valence-electron chi connectivity index (χ1n) is 9.45. The highest BCUT2D eigenvalue weighted by Gasteiger charge is 2.43. The maximum atomic E-state index is 13.8. The van der Waals surface area contributed by atoms with Gasteiger partial charge in [0, 0.05) is 10.6 Å². The minimum Gasteiger partial charge on any atom is -0.496 e. The second kappa shape index (κ2) is 8.10. The second-order valence-corrected chi connectivity index (χ2v) is 7.63. The minimum atomic E-state index is -4.83. The van der Waals surface area contributed by atoms with E-state index in [1.165, 1.54) is 25.3 Å². The molecule has 11 heteroatoms. The summed E-state index contributed by atoms with van der Waals surface area (Å²) in [4.78, 5) is 11.5. The van der Waals surface area contributed by atoms with Crippen molar-refractivity contribution in [2.24, 2.45) is 0 Å². The fourth-order valence-electron chi connectivity index (χ4n) is 3.84. The number of carbonyl (C=O) groups is 1. The molecule has 0 spiro atoms. The molecule has 0 aliphatic carbocycles. The van der Waals surface area contributed by atoms with E-state index in [2.05, 4.69) is 10.2 Å². The normalized spacial score (nSPS) is 17.9. The molecule has 3 aromatic rings. The summed E-state index contributed by atoms with van der Waals surface area (Å²) >= 11 is 6.20. The number of hydrogen-bond donors (Lipinski definition) is 1. The standard InChI is InChI=1S/C21H17ClF3N3O4/c1-10-12(4-3-5-15(10)31-2)18-13-8-11(22)6-7-14(13)28-19(16(32-18)9-17(29)30)26-27-20(28)21(23,24)25/h3-8,16,18H,9H2,1-2H3,(H,29,30)/t16-,18-/m0/s1. The Hall–Kier alpha value is -3.11. The summed E-state index contributed by atoms with van der Waals surface area (Å²) in [6.07, 6.45) is -7.69. The topological polar surface area (TPSA) is 86.5 Å². The third kappa shape index (κ3) is 3.80. The molecule has 168 valence electrons. The first kappa shape index (κ1) is 22.1. The van der Waals surface area contributed by atoms with Crippen LogP contribution in [0, 0.1) is 6.92 Å². The van der Waals surface area contributed by atoms with Gasteiger partial charge >= 0.3 is 12.1 Å². The molecule has 0 unspecified atom stereocenters. The van der Waals surface area contributed by atoms with Crippen molar-refractivity contribution in [1.82, 2.24) is 14.8 Å². The van der Waals surface area contributed by atoms with Crippen molar-refractivity contribution >= 4 is 17.6 Å². The molecule has 2 aromatic carbocycles. The maximum absolute atomic E-state index is 13.8. The van der Waals surface area contributed by atoms with Gasteiger partial charge in [0.2, 0.25) is 5.82 Å². The fraction of sp³-hybridized carbons (Fsp3) is 0.286. The first-order valence-corrected chi connectivity index (χ1v) is 9.82. The van der Waals surface area contributed by atoms with E-state index in [4.69, 9.17) is 21.1 Å². The second-order valence-electron chi connectivity index (χ2n) is 7.20. The lowest BCUT2D eigenvalue weighted by Crippen LogP contribution is -2.17. The van der Waals surface area contributed by atoms with Crippen LogP contribution in [0.25, 0.3) is 5.69 Å². The van der Waals surface area contributed by atoms with Crippen LogP contribution < -0.4 is 4.74 Å². The van der Waals surface area contributed by atoms with Crippen molar-refractivity contribution in [2.45, 2.75) is 31.7 Å². The van der Waals surface area contributed by atoms with Crippen LogP contribution in [-0.4, -0.2) is 33.0 Å². The molecule has 1 aromatic heterocycles. The molecule has 32 heavy (non-hydrogen) atoms. The Morgan fingerprint density at radius 1 is 1.25 bits per heavy atom. The van der Waals surface area contributed by atoms with Gasteiger partial charge in [0.1, 0.15) is 18.0 Å². The van der Waals surface area contributed by atoms with Gasteiger partial charge in [0.05, 0.1) is 19.2 Å². The monoisotopic (exact) mass is 467 g/mol. The van der Waals surface area contributed by atoms with Crippen LogP contribution in [0.2, 0.25) is 5.02 Å². The molecular weight excluding hydrogens is 451 g/mol. The number of methoxy groups -OCH3 is 1. The number of carboxylic acid groups (broad SMARTS) is 1. The van der Waals surface area contributed by atoms with Crippen molar-refractivity contribution in [3.05, 3.63) is 69.8 Å². The average Bonchev–Trinajstić information content (AvgIpc) is 3.12. The van der Waals surface area contributed by atoms with Crippen molar-refractivity contribution in [2.75, 3.05) is 7.11 Å². The van der Waals surface area contributed by atoms with Gasteiger partial charge < -0.3 is 14.6 Å². The Balaban J connectivity index is 2.03. The number of aromatic nitrogens is 3. The zero-order valence-corrected chi connectivity index (χ0v) is 17.6. The Morgan fingerprint density at radius 2 is 2.00 bits per heavy atom. The molecule has 1 aliphatic rings. The molecule has 2 heterocycles. The summed E-state index contributed by atoms with van der Waals surface area (Å²) in [5.74, 6) is -2.25. The summed E-state index contributed by atoms with van der Waals surface area (Å²) in [6, 6.07) is 9.54. The molecule has 0 saturated carbocycles. The number of aliphatic carboxylic acids is 1. The van der Waals surface area contributed by atoms with Gasteiger partial charge in [0.25, 0.3) is 0 Å². The summed E-state index contributed by atoms with van der Waals surface area (Å²) < 4.78 is 53.6. The van der Waals surface area contributed by atoms with Gasteiger partial charge in [-0.1, -0.05) is 23.7 Å². The van der Waals surface area contributed by atoms with Gasteiger partial charge in [-0.25, -0.2) is 0 Å². The molecule has 0 radical (unpaired) electrons. The van der Waals surface area contributed by atoms with E-state index >= 15 is 0 Å². The lowest BCUT2D eigenvalue weighted by Gasteiger charge is -2.24. The predicted molar refractivity (Wildman–Crippen MR) is 107 cm³/mol. The Kier molecular flexibility index (Phi) is 5.59. The molecule has 2 atom stereocenters. The smallest absolute Gasteiger partial charge is 0.452 e. The SMILES string of the molecule is COc1cccc([C@@H]2O[C@@H](CC(=O)O)c3nnc(C(F)(F)F)n3-c3ccc(Cl)cc32)c1C. The van der Waals surface area contributed by atoms with E-state index < -0.39 is 36.6 Å². The number of rotatable bonds is 4. The van der Waals surface area contributed by atoms with E-state index in [9.17, 15) is 23.1 Å². The quantitative estimate of drug-likeness (QED) is 0.588. The van der Waals surface area contributed by atoms with Crippen molar-refractivity contribution in [3.63, 3.8) is 0 Å². The molecule has 7 nitrogen and oxygen atoms in total. The van der Waals surface area contributed by atoms with Gasteiger partial charge in [0.15, 0.2) is 5.82 Å². The lowest BCUT2D eigenvalue weighted by molar-refractivity contribution is -0.146. The maximum Gasteiger partial charge on any atom is 0.452 e. The highest BCUT2D eigenvalue weighted by molar-refractivity contribution is 6.30. The van der Waals surface area contributed by atoms with Gasteiger partial charge in [-0.3, -0.25) is 9.36 Å². The van der Waals surface area contributed by atoms with E-state index in [1.54, 1.807) is 25.1 Å². The van der Waals surface area contributed by atoms with Crippen LogP contribution in [0.1, 0.15) is 47.0 Å². The number of benzene rings is 2. The van der Waals surface area contributed by atoms with E-state index in [-0.39, 0.29) is 16.5 Å². The Labute approximate surface area is 185 Å². The van der Waals surface area contributed by atoms with Crippen LogP contribution in [0.15, 0.2) is 36.4 Å². The fourth-order valence-corrected chi connectivity index (χ4v) is 4.02. The Morgan fingerprint density at radius 3 is 2.66 bits per heavy atom. The molecule has 0 saturated heterocycles. The molecule has 0 fully saturated rings. The number of fused-ring (bicyclic) bond motifs is 3. The van der Waals surface area contributed by atoms with Crippen molar-refractivity contribution in [3.8, 4) is 11.4 Å². The third-order valence-corrected chi connectivity index (χ3v) is 5.47. The number of halogens is 4. The zero-order valence-electron chi connectivity index (χ0n) is 16.9. The summed E-state index contributed by atoms with van der Waals surface area (Å²) in [6.45, 7) is 1.78. The van der Waals surface area contributed by atoms with E-state index in [0.29, 0.717) is 22.4 Å². The average molecular weight is 468 g/mol. The van der Waals surface area contributed by atoms with Crippen LogP contribution >= 0.6 is 11.6 Å². The molecule has 0 amide bonds. The lowest BCUT2D eigenvalue weighted by atomic mass is 9.95. The van der Waals surface area contributed by atoms with Crippen molar-refractivity contribution in [1.29, 1.82) is 0 Å². The van der Waals surface area contributed by atoms with Crippen LogP contribution in [0.4, 0.5) is 13.2 Å². The van der Waals surface area contributed by atoms with Crippen LogP contribution in [0.5, 0.6) is 5.75 Å². The van der Waals surface area contributed by atoms with E-state index in [1.807, 2.05) is 0 Å². The largest absolute Gasteiger partial charge is 0.496 e. The minimum absolute atomic E-state index is 0.0989. The predicted octanol–water partition coefficient (Wildman–Crippen LogP) is 4.89. The highest BCUT2D eigenvalue weighted by atomic mass is 35.5. The molecule has 4 rings (SSSR count). The summed E-state index contributed by atoms with van der Waals surface area (Å²) in [5, 5.41) is 16.6. The van der Waals surface area contributed by atoms with Gasteiger partial charge in [-0.05, 0) is 42.3 Å². The van der Waals surface area contributed by atoms with E-state index in [0.717, 1.165) is 4.57 Å². The number of ether oxygens (including phenoxy) is 2. The summed E-state index contributed by atoms with van der Waals surface area (Å²) in [5.41, 5.74) is 1.69. The molecule has 0 bridgehead atoms. The van der Waals surface area contributed by atoms with Crippen LogP contribution in [0.3, 0.4) is 0 Å². The van der Waals surface area contributed by atoms with Gasteiger partial charge in [-0.15, -0.1) is 10.2 Å². The number of carboxylic acids is 1. The molecule has 1 aliphatic heterocycles. The van der Waals surface area contributed by atoms with Crippen LogP contribution in [-0.2, 0) is 15.7 Å². The third-order valence-electron chi connectivity index (χ3n) is 5.23. The van der Waals surface area contributed by atoms with Crippen molar-refractivity contribution < 1.29 is 32.5 Å². The van der Waals surface area contributed by atoms with Gasteiger partial charge in [-0.2, -0.15) is 13.2 Å². The number of hydrogen-bond acceptors (Lipinski definition) is 5. The number of alkyl halides is 3. The Bertz CT molecular complexity index is 1200. The molecular formula is C21H17ClF3N3O4. The summed E-state index contributed by atoms with van der Waals surface area (Å²) in [7, 11) is 1.50. The number of nitrogens with zero attached hydrogens (tertiary/aromatic N) is 3. The highest BCUT2D eigenvalue weighted by Crippen LogP contribution is 2.45. The zero-order chi connectivity index (χ0) is 23.2.